The van der Waals surface area contributed by atoms with Crippen molar-refractivity contribution in [3.05, 3.63) is 71.1 Å². The highest BCUT2D eigenvalue weighted by atomic mass is 35.5. The molecule has 1 aromatic heterocycles. The summed E-state index contributed by atoms with van der Waals surface area (Å²) in [7, 11) is 0. The summed E-state index contributed by atoms with van der Waals surface area (Å²) >= 11 is 5.94. The minimum atomic E-state index is 0.0363. The zero-order valence-corrected chi connectivity index (χ0v) is 17.9. The average Bonchev–Trinajstić information content (AvgIpc) is 3.25. The fourth-order valence-corrected chi connectivity index (χ4v) is 4.34. The summed E-state index contributed by atoms with van der Waals surface area (Å²) in [5.41, 5.74) is 2.30. The van der Waals surface area contributed by atoms with Crippen LogP contribution in [0.5, 0.6) is 0 Å². The third-order valence-electron chi connectivity index (χ3n) is 6.20. The Morgan fingerprint density at radius 3 is 2.47 bits per heavy atom. The molecule has 2 heterocycles. The summed E-state index contributed by atoms with van der Waals surface area (Å²) in [4.78, 5) is 6.87. The highest BCUT2D eigenvalue weighted by molar-refractivity contribution is 6.30. The molecule has 0 aliphatic carbocycles. The molecule has 3 aromatic rings. The zero-order valence-electron chi connectivity index (χ0n) is 17.1. The smallest absolute Gasteiger partial charge is 0.241 e. The van der Waals surface area contributed by atoms with Crippen molar-refractivity contribution >= 4 is 11.6 Å². The molecule has 1 aliphatic rings. The van der Waals surface area contributed by atoms with Crippen LogP contribution in [0.1, 0.15) is 37.1 Å². The summed E-state index contributed by atoms with van der Waals surface area (Å²) in [5.74, 6) is 1.21. The largest absolute Gasteiger partial charge is 0.396 e. The molecule has 5 nitrogen and oxygen atoms in total. The number of rotatable bonds is 8. The number of aryl methyl sites for hydroxylation is 1. The molecule has 1 saturated heterocycles. The van der Waals surface area contributed by atoms with Crippen LogP contribution in [-0.4, -0.2) is 39.8 Å². The van der Waals surface area contributed by atoms with Crippen LogP contribution in [0.3, 0.4) is 0 Å². The topological polar surface area (TPSA) is 62.4 Å². The number of nitrogens with zero attached hydrogens (tertiary/aromatic N) is 3. The molecule has 0 bridgehead atoms. The molecule has 4 rings (SSSR count). The van der Waals surface area contributed by atoms with Crippen molar-refractivity contribution in [1.29, 1.82) is 0 Å². The summed E-state index contributed by atoms with van der Waals surface area (Å²) in [6, 6.07) is 18.0. The van der Waals surface area contributed by atoms with Crippen LogP contribution in [0, 0.1) is 5.41 Å². The van der Waals surface area contributed by atoms with Crippen LogP contribution in [0.15, 0.2) is 59.1 Å². The van der Waals surface area contributed by atoms with E-state index in [0.717, 1.165) is 50.8 Å². The van der Waals surface area contributed by atoms with Crippen molar-refractivity contribution in [2.45, 2.75) is 38.6 Å². The van der Waals surface area contributed by atoms with Crippen LogP contribution < -0.4 is 0 Å². The lowest BCUT2D eigenvalue weighted by Crippen LogP contribution is -2.41. The van der Waals surface area contributed by atoms with Crippen molar-refractivity contribution in [1.82, 2.24) is 15.0 Å². The first kappa shape index (κ1) is 21.0. The SMILES string of the molecule is OCC1(CCCc2ccccc2)CCN(Cc2nc(-c3ccc(Cl)cc3)no2)CC1. The van der Waals surface area contributed by atoms with Gasteiger partial charge in [-0.25, -0.2) is 0 Å². The molecule has 0 saturated carbocycles. The van der Waals surface area contributed by atoms with Crippen molar-refractivity contribution < 1.29 is 9.63 Å². The van der Waals surface area contributed by atoms with Gasteiger partial charge in [-0.05, 0) is 80.4 Å². The standard InChI is InChI=1S/C24H28ClN3O2/c25-21-10-8-20(9-11-21)23-26-22(30-27-23)17-28-15-13-24(18-29,14-16-28)12-4-7-19-5-2-1-3-6-19/h1-3,5-6,8-11,29H,4,7,12-18H2. The Morgan fingerprint density at radius 1 is 1.03 bits per heavy atom. The molecule has 0 spiro atoms. The van der Waals surface area contributed by atoms with Gasteiger partial charge in [-0.15, -0.1) is 0 Å². The fraction of sp³-hybridized carbons (Fsp3) is 0.417. The van der Waals surface area contributed by atoms with Gasteiger partial charge in [0.15, 0.2) is 0 Å². The predicted molar refractivity (Wildman–Crippen MR) is 118 cm³/mol. The predicted octanol–water partition coefficient (Wildman–Crippen LogP) is 4.99. The highest BCUT2D eigenvalue weighted by Crippen LogP contribution is 2.36. The molecule has 0 amide bonds. The Labute approximate surface area is 182 Å². The van der Waals surface area contributed by atoms with E-state index < -0.39 is 0 Å². The second-order valence-corrected chi connectivity index (χ2v) is 8.73. The van der Waals surface area contributed by atoms with E-state index in [9.17, 15) is 5.11 Å². The van der Waals surface area contributed by atoms with Gasteiger partial charge in [0.25, 0.3) is 0 Å². The molecule has 0 radical (unpaired) electrons. The third-order valence-corrected chi connectivity index (χ3v) is 6.45. The first-order valence-electron chi connectivity index (χ1n) is 10.6. The maximum Gasteiger partial charge on any atom is 0.241 e. The third kappa shape index (κ3) is 5.28. The molecule has 0 atom stereocenters. The van der Waals surface area contributed by atoms with Crippen LogP contribution >= 0.6 is 11.6 Å². The quantitative estimate of drug-likeness (QED) is 0.551. The lowest BCUT2D eigenvalue weighted by molar-refractivity contribution is 0.0297. The van der Waals surface area contributed by atoms with E-state index in [0.29, 0.717) is 23.3 Å². The molecule has 30 heavy (non-hydrogen) atoms. The maximum absolute atomic E-state index is 10.1. The van der Waals surface area contributed by atoms with Gasteiger partial charge in [0, 0.05) is 17.2 Å². The number of halogens is 1. The van der Waals surface area contributed by atoms with E-state index in [-0.39, 0.29) is 12.0 Å². The summed E-state index contributed by atoms with van der Waals surface area (Å²) < 4.78 is 5.46. The summed E-state index contributed by atoms with van der Waals surface area (Å²) in [6.45, 7) is 2.78. The molecule has 1 fully saturated rings. The molecule has 1 aliphatic heterocycles. The second kappa shape index (κ2) is 9.73. The average molecular weight is 426 g/mol. The molecule has 6 heteroatoms. The van der Waals surface area contributed by atoms with Crippen LogP contribution in [0.4, 0.5) is 0 Å². The molecule has 0 unspecified atom stereocenters. The Bertz CT molecular complexity index is 919. The van der Waals surface area contributed by atoms with Crippen LogP contribution in [0.25, 0.3) is 11.4 Å². The van der Waals surface area contributed by atoms with Gasteiger partial charge in [0.1, 0.15) is 0 Å². The lowest BCUT2D eigenvalue weighted by atomic mass is 9.75. The molecular weight excluding hydrogens is 398 g/mol. The number of hydrogen-bond acceptors (Lipinski definition) is 5. The van der Waals surface area contributed by atoms with Gasteiger partial charge < -0.3 is 9.63 Å². The van der Waals surface area contributed by atoms with E-state index >= 15 is 0 Å². The first-order valence-corrected chi connectivity index (χ1v) is 11.0. The first-order chi connectivity index (χ1) is 14.7. The van der Waals surface area contributed by atoms with Gasteiger partial charge in [-0.3, -0.25) is 4.90 Å². The fourth-order valence-electron chi connectivity index (χ4n) is 4.21. The van der Waals surface area contributed by atoms with Crippen LogP contribution in [0.2, 0.25) is 5.02 Å². The molecule has 158 valence electrons. The van der Waals surface area contributed by atoms with E-state index in [1.165, 1.54) is 5.56 Å². The minimum absolute atomic E-state index is 0.0363. The number of benzene rings is 2. The van der Waals surface area contributed by atoms with Gasteiger partial charge in [0.2, 0.25) is 11.7 Å². The van der Waals surface area contributed by atoms with E-state index in [1.807, 2.05) is 24.3 Å². The monoisotopic (exact) mass is 425 g/mol. The summed E-state index contributed by atoms with van der Waals surface area (Å²) in [6.07, 6.45) is 5.24. The number of aliphatic hydroxyl groups excluding tert-OH is 1. The van der Waals surface area contributed by atoms with Crippen molar-refractivity contribution in [2.75, 3.05) is 19.7 Å². The number of hydrogen-bond donors (Lipinski definition) is 1. The molecular formula is C24H28ClN3O2. The summed E-state index contributed by atoms with van der Waals surface area (Å²) in [5, 5.41) is 14.9. The molecule has 1 N–H and O–H groups in total. The highest BCUT2D eigenvalue weighted by Gasteiger charge is 2.34. The Morgan fingerprint density at radius 2 is 1.77 bits per heavy atom. The second-order valence-electron chi connectivity index (χ2n) is 8.29. The van der Waals surface area contributed by atoms with E-state index in [2.05, 4.69) is 45.4 Å². The van der Waals surface area contributed by atoms with Gasteiger partial charge >= 0.3 is 0 Å². The number of aromatic nitrogens is 2. The lowest BCUT2D eigenvalue weighted by Gasteiger charge is -2.40. The van der Waals surface area contributed by atoms with Crippen molar-refractivity contribution in [3.63, 3.8) is 0 Å². The number of piperidine rings is 1. The van der Waals surface area contributed by atoms with Crippen molar-refractivity contribution in [3.8, 4) is 11.4 Å². The van der Waals surface area contributed by atoms with Gasteiger partial charge in [0.05, 0.1) is 6.54 Å². The van der Waals surface area contributed by atoms with E-state index in [4.69, 9.17) is 16.1 Å². The Kier molecular flexibility index (Phi) is 6.82. The number of likely N-dealkylation sites (tertiary alicyclic amines) is 1. The number of aliphatic hydroxyl groups is 1. The normalized spacial score (nSPS) is 16.6. The van der Waals surface area contributed by atoms with Crippen LogP contribution in [-0.2, 0) is 13.0 Å². The van der Waals surface area contributed by atoms with E-state index in [1.54, 1.807) is 0 Å². The Hall–Kier alpha value is -2.21. The Balaban J connectivity index is 1.28. The van der Waals surface area contributed by atoms with Crippen molar-refractivity contribution in [2.24, 2.45) is 5.41 Å². The zero-order chi connectivity index (χ0) is 20.8. The van der Waals surface area contributed by atoms with Gasteiger partial charge in [-0.2, -0.15) is 4.98 Å². The molecule has 2 aromatic carbocycles. The van der Waals surface area contributed by atoms with Gasteiger partial charge in [-0.1, -0.05) is 47.1 Å². The minimum Gasteiger partial charge on any atom is -0.396 e. The maximum atomic E-state index is 10.1.